The average Bonchev–Trinajstić information content (AvgIpc) is 3.05. The van der Waals surface area contributed by atoms with Gasteiger partial charge in [0.1, 0.15) is 0 Å². The molecule has 6 nitrogen and oxygen atoms in total. The Labute approximate surface area is 168 Å². The zero-order valence-electron chi connectivity index (χ0n) is 14.4. The van der Waals surface area contributed by atoms with Crippen molar-refractivity contribution in [3.8, 4) is 0 Å². The van der Waals surface area contributed by atoms with E-state index in [9.17, 15) is 13.2 Å². The Bertz CT molecular complexity index is 949. The number of hydrogen-bond acceptors (Lipinski definition) is 4. The van der Waals surface area contributed by atoms with Gasteiger partial charge in [-0.25, -0.2) is 13.6 Å². The molecule has 1 unspecified atom stereocenters. The van der Waals surface area contributed by atoms with E-state index in [0.717, 1.165) is 24.9 Å². The normalized spacial score (nSPS) is 17.8. The molecule has 1 fully saturated rings. The van der Waals surface area contributed by atoms with E-state index in [1.807, 2.05) is 12.1 Å². The van der Waals surface area contributed by atoms with Gasteiger partial charge in [-0.05, 0) is 61.3 Å². The van der Waals surface area contributed by atoms with Crippen molar-refractivity contribution in [1.82, 2.24) is 4.90 Å². The van der Waals surface area contributed by atoms with Gasteiger partial charge in [0, 0.05) is 11.7 Å². The molecule has 27 heavy (non-hydrogen) atoms. The Morgan fingerprint density at radius 1 is 1.15 bits per heavy atom. The van der Waals surface area contributed by atoms with Crippen LogP contribution in [-0.4, -0.2) is 32.3 Å². The third kappa shape index (κ3) is 5.00. The maximum absolute atomic E-state index is 12.4. The van der Waals surface area contributed by atoms with E-state index < -0.39 is 10.0 Å². The maximum Gasteiger partial charge on any atom is 0.238 e. The summed E-state index contributed by atoms with van der Waals surface area (Å²) in [6, 6.07) is 11.4. The van der Waals surface area contributed by atoms with E-state index in [4.69, 9.17) is 28.3 Å². The minimum Gasteiger partial charge on any atom is -0.325 e. The molecule has 0 spiro atoms. The first-order valence-corrected chi connectivity index (χ1v) is 10.7. The number of nitrogens with one attached hydrogen (secondary N) is 1. The second kappa shape index (κ2) is 8.16. The fourth-order valence-electron chi connectivity index (χ4n) is 3.23. The number of anilines is 1. The summed E-state index contributed by atoms with van der Waals surface area (Å²) >= 11 is 12.1. The molecule has 3 rings (SSSR count). The quantitative estimate of drug-likeness (QED) is 0.764. The number of amides is 1. The lowest BCUT2D eigenvalue weighted by Crippen LogP contribution is -2.33. The molecule has 1 aliphatic heterocycles. The average molecular weight is 428 g/mol. The standard InChI is InChI=1S/C18H19Cl2N3O3S/c19-15-8-3-12(10-16(15)20)17-2-1-9-23(17)11-18(24)22-13-4-6-14(7-5-13)27(21,25)26/h3-8,10,17H,1-2,9,11H2,(H,22,24)(H2,21,25,26). The SMILES string of the molecule is NS(=O)(=O)c1ccc(NC(=O)CN2CCCC2c2ccc(Cl)c(Cl)c2)cc1. The van der Waals surface area contributed by atoms with E-state index in [-0.39, 0.29) is 23.4 Å². The van der Waals surface area contributed by atoms with Crippen LogP contribution in [0.5, 0.6) is 0 Å². The van der Waals surface area contributed by atoms with Gasteiger partial charge in [-0.3, -0.25) is 9.69 Å². The van der Waals surface area contributed by atoms with Crippen LogP contribution in [0.2, 0.25) is 10.0 Å². The van der Waals surface area contributed by atoms with Crippen molar-refractivity contribution in [2.45, 2.75) is 23.8 Å². The van der Waals surface area contributed by atoms with Crippen molar-refractivity contribution in [2.75, 3.05) is 18.4 Å². The second-order valence-electron chi connectivity index (χ2n) is 6.42. The predicted octanol–water partition coefficient (Wildman–Crippen LogP) is 3.42. The Kier molecular flexibility index (Phi) is 6.08. The number of likely N-dealkylation sites (tertiary alicyclic amines) is 1. The highest BCUT2D eigenvalue weighted by atomic mass is 35.5. The third-order valence-electron chi connectivity index (χ3n) is 4.51. The van der Waals surface area contributed by atoms with Gasteiger partial charge in [0.15, 0.2) is 0 Å². The van der Waals surface area contributed by atoms with Crippen LogP contribution in [-0.2, 0) is 14.8 Å². The molecule has 0 saturated carbocycles. The summed E-state index contributed by atoms with van der Waals surface area (Å²) in [5.41, 5.74) is 1.55. The predicted molar refractivity (Wildman–Crippen MR) is 106 cm³/mol. The first-order chi connectivity index (χ1) is 12.7. The lowest BCUT2D eigenvalue weighted by Gasteiger charge is -2.24. The lowest BCUT2D eigenvalue weighted by atomic mass is 10.0. The zero-order valence-corrected chi connectivity index (χ0v) is 16.7. The Hall–Kier alpha value is -1.64. The van der Waals surface area contributed by atoms with Crippen molar-refractivity contribution in [3.63, 3.8) is 0 Å². The summed E-state index contributed by atoms with van der Waals surface area (Å²) in [5, 5.41) is 8.85. The number of rotatable bonds is 5. The fourth-order valence-corrected chi connectivity index (χ4v) is 4.05. The number of hydrogen-bond donors (Lipinski definition) is 2. The number of carbonyl (C=O) groups excluding carboxylic acids is 1. The highest BCUT2D eigenvalue weighted by Crippen LogP contribution is 2.34. The molecular weight excluding hydrogens is 409 g/mol. The van der Waals surface area contributed by atoms with Crippen molar-refractivity contribution in [2.24, 2.45) is 5.14 Å². The van der Waals surface area contributed by atoms with Crippen LogP contribution in [0.4, 0.5) is 5.69 Å². The monoisotopic (exact) mass is 427 g/mol. The maximum atomic E-state index is 12.4. The van der Waals surface area contributed by atoms with E-state index in [2.05, 4.69) is 10.2 Å². The molecular formula is C18H19Cl2N3O3S. The molecule has 0 aliphatic carbocycles. The van der Waals surface area contributed by atoms with Gasteiger partial charge in [0.25, 0.3) is 0 Å². The summed E-state index contributed by atoms with van der Waals surface area (Å²) in [4.78, 5) is 14.5. The van der Waals surface area contributed by atoms with Gasteiger partial charge in [-0.15, -0.1) is 0 Å². The minimum absolute atomic E-state index is 0.000256. The fraction of sp³-hybridized carbons (Fsp3) is 0.278. The van der Waals surface area contributed by atoms with Gasteiger partial charge in [-0.2, -0.15) is 0 Å². The van der Waals surface area contributed by atoms with E-state index in [1.54, 1.807) is 6.07 Å². The van der Waals surface area contributed by atoms with Crippen LogP contribution < -0.4 is 10.5 Å². The highest BCUT2D eigenvalue weighted by Gasteiger charge is 2.28. The lowest BCUT2D eigenvalue weighted by molar-refractivity contribution is -0.117. The van der Waals surface area contributed by atoms with Crippen molar-refractivity contribution in [3.05, 3.63) is 58.1 Å². The number of benzene rings is 2. The number of nitrogens with zero attached hydrogens (tertiary/aromatic N) is 1. The van der Waals surface area contributed by atoms with Gasteiger partial charge < -0.3 is 5.32 Å². The molecule has 1 atom stereocenters. The molecule has 0 aromatic heterocycles. The number of nitrogens with two attached hydrogens (primary N) is 1. The molecule has 2 aromatic rings. The highest BCUT2D eigenvalue weighted by molar-refractivity contribution is 7.89. The summed E-state index contributed by atoms with van der Waals surface area (Å²) in [5.74, 6) is -0.176. The molecule has 1 amide bonds. The van der Waals surface area contributed by atoms with E-state index >= 15 is 0 Å². The summed E-state index contributed by atoms with van der Waals surface area (Å²) in [7, 11) is -3.75. The second-order valence-corrected chi connectivity index (χ2v) is 8.80. The molecule has 2 aromatic carbocycles. The largest absolute Gasteiger partial charge is 0.325 e. The number of primary sulfonamides is 1. The van der Waals surface area contributed by atoms with E-state index in [0.29, 0.717) is 15.7 Å². The molecule has 1 heterocycles. The summed E-state index contributed by atoms with van der Waals surface area (Å²) in [6.07, 6.45) is 1.93. The Morgan fingerprint density at radius 3 is 2.48 bits per heavy atom. The van der Waals surface area contributed by atoms with Crippen LogP contribution in [0.15, 0.2) is 47.4 Å². The van der Waals surface area contributed by atoms with Crippen molar-refractivity contribution in [1.29, 1.82) is 0 Å². The van der Waals surface area contributed by atoms with Gasteiger partial charge in [0.05, 0.1) is 21.5 Å². The third-order valence-corrected chi connectivity index (χ3v) is 6.17. The first-order valence-electron chi connectivity index (χ1n) is 8.36. The summed E-state index contributed by atoms with van der Waals surface area (Å²) in [6.45, 7) is 1.03. The molecule has 3 N–H and O–H groups in total. The van der Waals surface area contributed by atoms with Crippen LogP contribution in [0.1, 0.15) is 24.4 Å². The van der Waals surface area contributed by atoms with Crippen molar-refractivity contribution >= 4 is 44.8 Å². The number of sulfonamides is 1. The number of halogens is 2. The van der Waals surface area contributed by atoms with Gasteiger partial charge in [0.2, 0.25) is 15.9 Å². The zero-order chi connectivity index (χ0) is 19.6. The van der Waals surface area contributed by atoms with Crippen LogP contribution >= 0.6 is 23.2 Å². The van der Waals surface area contributed by atoms with E-state index in [1.165, 1.54) is 24.3 Å². The molecule has 1 saturated heterocycles. The molecule has 0 radical (unpaired) electrons. The Morgan fingerprint density at radius 2 is 1.85 bits per heavy atom. The van der Waals surface area contributed by atoms with Crippen LogP contribution in [0.3, 0.4) is 0 Å². The van der Waals surface area contributed by atoms with Gasteiger partial charge >= 0.3 is 0 Å². The first kappa shape index (κ1) is 20.1. The summed E-state index contributed by atoms with van der Waals surface area (Å²) < 4.78 is 22.6. The minimum atomic E-state index is -3.75. The molecule has 1 aliphatic rings. The molecule has 0 bridgehead atoms. The smallest absolute Gasteiger partial charge is 0.238 e. The number of carbonyl (C=O) groups is 1. The van der Waals surface area contributed by atoms with Gasteiger partial charge in [-0.1, -0.05) is 29.3 Å². The van der Waals surface area contributed by atoms with Crippen LogP contribution in [0, 0.1) is 0 Å². The topological polar surface area (TPSA) is 92.5 Å². The molecule has 144 valence electrons. The van der Waals surface area contributed by atoms with Crippen LogP contribution in [0.25, 0.3) is 0 Å². The molecule has 9 heteroatoms. The Balaban J connectivity index is 1.65. The van der Waals surface area contributed by atoms with Crippen molar-refractivity contribution < 1.29 is 13.2 Å².